The molecule has 0 saturated heterocycles. The van der Waals surface area contributed by atoms with Crippen LogP contribution >= 0.6 is 11.3 Å². The zero-order valence-electron chi connectivity index (χ0n) is 12.8. The van der Waals surface area contributed by atoms with Gasteiger partial charge in [0.15, 0.2) is 5.13 Å². The van der Waals surface area contributed by atoms with Crippen LogP contribution in [0.15, 0.2) is 24.3 Å². The maximum atomic E-state index is 11.8. The van der Waals surface area contributed by atoms with E-state index >= 15 is 0 Å². The summed E-state index contributed by atoms with van der Waals surface area (Å²) in [5, 5.41) is 5.83. The third kappa shape index (κ3) is 5.00. The molecule has 0 fully saturated rings. The number of rotatable bonds is 4. The van der Waals surface area contributed by atoms with E-state index in [0.717, 1.165) is 10.2 Å². The first-order valence-corrected chi connectivity index (χ1v) is 7.77. The SMILES string of the molecule is CC(C)(C)OC(=O)NCCC(=O)Nc1nc2ccccc2s1. The molecule has 2 rings (SSSR count). The van der Waals surface area contributed by atoms with Crippen molar-refractivity contribution in [1.29, 1.82) is 0 Å². The number of carbonyl (C=O) groups excluding carboxylic acids is 2. The number of nitrogens with one attached hydrogen (secondary N) is 2. The minimum Gasteiger partial charge on any atom is -0.444 e. The first-order valence-electron chi connectivity index (χ1n) is 6.96. The van der Waals surface area contributed by atoms with E-state index in [1.54, 1.807) is 20.8 Å². The Labute approximate surface area is 132 Å². The van der Waals surface area contributed by atoms with Crippen molar-refractivity contribution in [3.8, 4) is 0 Å². The molecule has 1 aromatic carbocycles. The minimum absolute atomic E-state index is 0.162. The molecule has 1 aromatic heterocycles. The number of amides is 2. The number of thiazole rings is 1. The molecule has 1 heterocycles. The molecule has 7 heteroatoms. The van der Waals surface area contributed by atoms with E-state index in [9.17, 15) is 9.59 Å². The lowest BCUT2D eigenvalue weighted by Gasteiger charge is -2.19. The maximum Gasteiger partial charge on any atom is 0.407 e. The molecular weight excluding hydrogens is 302 g/mol. The van der Waals surface area contributed by atoms with Gasteiger partial charge < -0.3 is 15.4 Å². The highest BCUT2D eigenvalue weighted by Crippen LogP contribution is 2.25. The van der Waals surface area contributed by atoms with E-state index in [1.807, 2.05) is 24.3 Å². The summed E-state index contributed by atoms with van der Waals surface area (Å²) in [5.41, 5.74) is 0.308. The van der Waals surface area contributed by atoms with Crippen molar-refractivity contribution in [3.05, 3.63) is 24.3 Å². The van der Waals surface area contributed by atoms with Gasteiger partial charge in [-0.05, 0) is 32.9 Å². The molecule has 0 bridgehead atoms. The van der Waals surface area contributed by atoms with E-state index in [1.165, 1.54) is 11.3 Å². The van der Waals surface area contributed by atoms with Crippen molar-refractivity contribution < 1.29 is 14.3 Å². The fourth-order valence-corrected chi connectivity index (χ4v) is 2.58. The fourth-order valence-electron chi connectivity index (χ4n) is 1.70. The number of hydrogen-bond donors (Lipinski definition) is 2. The van der Waals surface area contributed by atoms with Crippen LogP contribution in [0.3, 0.4) is 0 Å². The van der Waals surface area contributed by atoms with Gasteiger partial charge in [0, 0.05) is 13.0 Å². The van der Waals surface area contributed by atoms with Crippen LogP contribution in [0, 0.1) is 0 Å². The number of aromatic nitrogens is 1. The zero-order valence-corrected chi connectivity index (χ0v) is 13.6. The van der Waals surface area contributed by atoms with Gasteiger partial charge in [0.2, 0.25) is 5.91 Å². The minimum atomic E-state index is -0.548. The van der Waals surface area contributed by atoms with E-state index in [4.69, 9.17) is 4.74 Å². The smallest absolute Gasteiger partial charge is 0.407 e. The van der Waals surface area contributed by atoms with Crippen molar-refractivity contribution in [2.24, 2.45) is 0 Å². The number of para-hydroxylation sites is 1. The number of carbonyl (C=O) groups is 2. The summed E-state index contributed by atoms with van der Waals surface area (Å²) < 4.78 is 6.10. The van der Waals surface area contributed by atoms with Gasteiger partial charge in [0.1, 0.15) is 5.60 Å². The quantitative estimate of drug-likeness (QED) is 0.906. The number of ether oxygens (including phenoxy) is 1. The van der Waals surface area contributed by atoms with Gasteiger partial charge >= 0.3 is 6.09 Å². The number of nitrogens with zero attached hydrogens (tertiary/aromatic N) is 1. The Hall–Kier alpha value is -2.15. The molecule has 2 N–H and O–H groups in total. The standard InChI is InChI=1S/C15H19N3O3S/c1-15(2,3)21-14(20)16-9-8-12(19)18-13-17-10-6-4-5-7-11(10)22-13/h4-7H,8-9H2,1-3H3,(H,16,20)(H,17,18,19). The van der Waals surface area contributed by atoms with Crippen molar-refractivity contribution >= 4 is 38.7 Å². The summed E-state index contributed by atoms with van der Waals surface area (Å²) in [6.07, 6.45) is -0.366. The van der Waals surface area contributed by atoms with Crippen LogP contribution in [0.5, 0.6) is 0 Å². The van der Waals surface area contributed by atoms with Crippen LogP contribution in [-0.4, -0.2) is 29.1 Å². The Morgan fingerprint density at radius 2 is 2.00 bits per heavy atom. The Kier molecular flexibility index (Phi) is 4.97. The Morgan fingerprint density at radius 3 is 2.68 bits per heavy atom. The average molecular weight is 321 g/mol. The number of hydrogen-bond acceptors (Lipinski definition) is 5. The predicted octanol–water partition coefficient (Wildman–Crippen LogP) is 3.15. The molecule has 0 aliphatic carbocycles. The molecule has 0 saturated carbocycles. The molecule has 0 spiro atoms. The van der Waals surface area contributed by atoms with Crippen molar-refractivity contribution in [3.63, 3.8) is 0 Å². The lowest BCUT2D eigenvalue weighted by atomic mass is 10.2. The van der Waals surface area contributed by atoms with Gasteiger partial charge in [-0.3, -0.25) is 4.79 Å². The fraction of sp³-hybridized carbons (Fsp3) is 0.400. The van der Waals surface area contributed by atoms with Gasteiger partial charge in [0.05, 0.1) is 10.2 Å². The number of alkyl carbamates (subject to hydrolysis) is 1. The van der Waals surface area contributed by atoms with Crippen LogP contribution in [0.25, 0.3) is 10.2 Å². The van der Waals surface area contributed by atoms with Crippen molar-refractivity contribution in [1.82, 2.24) is 10.3 Å². The van der Waals surface area contributed by atoms with Gasteiger partial charge in [0.25, 0.3) is 0 Å². The molecule has 0 radical (unpaired) electrons. The molecule has 0 aliphatic rings. The molecule has 6 nitrogen and oxygen atoms in total. The molecule has 0 aliphatic heterocycles. The van der Waals surface area contributed by atoms with Crippen LogP contribution < -0.4 is 10.6 Å². The average Bonchev–Trinajstić information content (AvgIpc) is 2.78. The normalized spacial score (nSPS) is 11.2. The van der Waals surface area contributed by atoms with Crippen LogP contribution in [0.2, 0.25) is 0 Å². The molecular formula is C15H19N3O3S. The molecule has 118 valence electrons. The van der Waals surface area contributed by atoms with Gasteiger partial charge in [-0.2, -0.15) is 0 Å². The summed E-state index contributed by atoms with van der Waals surface area (Å²) in [6, 6.07) is 7.67. The van der Waals surface area contributed by atoms with Gasteiger partial charge in [-0.1, -0.05) is 23.5 Å². The Morgan fingerprint density at radius 1 is 1.27 bits per heavy atom. The van der Waals surface area contributed by atoms with Crippen LogP contribution in [0.4, 0.5) is 9.93 Å². The lowest BCUT2D eigenvalue weighted by molar-refractivity contribution is -0.116. The van der Waals surface area contributed by atoms with Gasteiger partial charge in [-0.25, -0.2) is 9.78 Å². The molecule has 22 heavy (non-hydrogen) atoms. The van der Waals surface area contributed by atoms with E-state index in [0.29, 0.717) is 5.13 Å². The lowest BCUT2D eigenvalue weighted by Crippen LogP contribution is -2.34. The first-order chi connectivity index (χ1) is 10.3. The molecule has 0 atom stereocenters. The largest absolute Gasteiger partial charge is 0.444 e. The monoisotopic (exact) mass is 321 g/mol. The van der Waals surface area contributed by atoms with Crippen molar-refractivity contribution in [2.45, 2.75) is 32.8 Å². The third-order valence-corrected chi connectivity index (χ3v) is 3.51. The predicted molar refractivity (Wildman–Crippen MR) is 87.1 cm³/mol. The summed E-state index contributed by atoms with van der Waals surface area (Å²) in [5.74, 6) is -0.199. The molecule has 2 amide bonds. The summed E-state index contributed by atoms with van der Waals surface area (Å²) in [7, 11) is 0. The third-order valence-electron chi connectivity index (χ3n) is 2.56. The highest BCUT2D eigenvalue weighted by molar-refractivity contribution is 7.22. The van der Waals surface area contributed by atoms with Crippen LogP contribution in [-0.2, 0) is 9.53 Å². The first kappa shape index (κ1) is 16.2. The summed E-state index contributed by atoms with van der Waals surface area (Å²) in [4.78, 5) is 27.6. The summed E-state index contributed by atoms with van der Waals surface area (Å²) >= 11 is 1.42. The zero-order chi connectivity index (χ0) is 16.2. The number of anilines is 1. The highest BCUT2D eigenvalue weighted by atomic mass is 32.1. The summed E-state index contributed by atoms with van der Waals surface area (Å²) in [6.45, 7) is 5.57. The second-order valence-corrected chi connectivity index (χ2v) is 6.74. The van der Waals surface area contributed by atoms with E-state index < -0.39 is 11.7 Å². The van der Waals surface area contributed by atoms with E-state index in [-0.39, 0.29) is 18.9 Å². The second kappa shape index (κ2) is 6.74. The van der Waals surface area contributed by atoms with Gasteiger partial charge in [-0.15, -0.1) is 0 Å². The number of fused-ring (bicyclic) bond motifs is 1. The number of benzene rings is 1. The second-order valence-electron chi connectivity index (χ2n) is 5.71. The molecule has 0 unspecified atom stereocenters. The highest BCUT2D eigenvalue weighted by Gasteiger charge is 2.16. The maximum absolute atomic E-state index is 11.8. The van der Waals surface area contributed by atoms with Crippen molar-refractivity contribution in [2.75, 3.05) is 11.9 Å². The Bertz CT molecular complexity index is 643. The topological polar surface area (TPSA) is 80.3 Å². The Balaban J connectivity index is 1.77. The van der Waals surface area contributed by atoms with Crippen LogP contribution in [0.1, 0.15) is 27.2 Å². The molecule has 2 aromatic rings. The van der Waals surface area contributed by atoms with E-state index in [2.05, 4.69) is 15.6 Å².